The molecule has 0 bridgehead atoms. The van der Waals surface area contributed by atoms with Crippen LogP contribution in [-0.4, -0.2) is 54.0 Å². The molecule has 0 heterocycles. The molecule has 8 N–H and O–H groups in total. The van der Waals surface area contributed by atoms with Crippen molar-refractivity contribution in [3.8, 4) is 11.5 Å². The van der Waals surface area contributed by atoms with Gasteiger partial charge in [0.1, 0.15) is 21.3 Å². The van der Waals surface area contributed by atoms with Crippen molar-refractivity contribution < 1.29 is 50.5 Å². The van der Waals surface area contributed by atoms with Crippen LogP contribution in [-0.2, 0) is 20.2 Å². The van der Waals surface area contributed by atoms with Crippen LogP contribution in [0.1, 0.15) is 20.7 Å². The minimum Gasteiger partial charge on any atom is -0.507 e. The highest BCUT2D eigenvalue weighted by molar-refractivity contribution is 7.86. The molecule has 0 aromatic heterocycles. The molecule has 15 nitrogen and oxygen atoms in total. The number of benzene rings is 6. The molecule has 0 radical (unpaired) electrons. The average molecular weight is 743 g/mol. The molecular weight excluding hydrogens is 717 g/mol. The van der Waals surface area contributed by atoms with Crippen LogP contribution in [0.2, 0.25) is 0 Å². The van der Waals surface area contributed by atoms with Crippen LogP contribution in [0, 0.1) is 0 Å². The van der Waals surface area contributed by atoms with Gasteiger partial charge in [-0.05, 0) is 72.8 Å². The van der Waals surface area contributed by atoms with Crippen LogP contribution in [0.4, 0.5) is 27.5 Å². The zero-order valence-corrected chi connectivity index (χ0v) is 28.0. The maximum atomic E-state index is 13.2. The summed E-state index contributed by atoms with van der Waals surface area (Å²) in [7, 11) is -9.72. The van der Waals surface area contributed by atoms with E-state index in [-0.39, 0.29) is 66.9 Å². The van der Waals surface area contributed by atoms with Gasteiger partial charge in [-0.15, -0.1) is 0 Å². The van der Waals surface area contributed by atoms with E-state index in [0.717, 1.165) is 0 Å². The van der Waals surface area contributed by atoms with Crippen LogP contribution in [0.5, 0.6) is 11.5 Å². The molecule has 6 aromatic rings. The third-order valence-electron chi connectivity index (χ3n) is 7.76. The van der Waals surface area contributed by atoms with E-state index in [0.29, 0.717) is 0 Å². The van der Waals surface area contributed by atoms with Crippen LogP contribution >= 0.6 is 0 Å². The highest BCUT2D eigenvalue weighted by Crippen LogP contribution is 2.36. The molecule has 0 atom stereocenters. The fourth-order valence-corrected chi connectivity index (χ4v) is 7.24. The first-order chi connectivity index (χ1) is 24.6. The van der Waals surface area contributed by atoms with E-state index < -0.39 is 47.9 Å². The summed E-state index contributed by atoms with van der Waals surface area (Å²) in [5.74, 6) is -2.03. The molecule has 0 spiro atoms. The van der Waals surface area contributed by atoms with Gasteiger partial charge in [-0.25, -0.2) is 4.79 Å². The molecule has 52 heavy (non-hydrogen) atoms. The van der Waals surface area contributed by atoms with E-state index in [1.165, 1.54) is 109 Å². The van der Waals surface area contributed by atoms with Crippen molar-refractivity contribution >= 4 is 82.4 Å². The number of phenols is 2. The standard InChI is InChI=1S/C35H26N4O11S2/c40-29-11-3-9-25-23(29)13-15-27(31(25)51(45,46)47)38-33(42)19-5-1-7-21(17-19)36-35(44)37-22-8-2-6-20(18-22)34(43)39-28-16-14-24-26(10-4-12-30(24)41)32(28)52(48,49)50/h1-18,40-41H,(H,38,42)(H,39,43)(H2,36,37,44)(H,45,46,47)(H,48,49,50). The number of nitrogens with one attached hydrogen (secondary N) is 4. The van der Waals surface area contributed by atoms with Crippen molar-refractivity contribution in [2.24, 2.45) is 0 Å². The summed E-state index contributed by atoms with van der Waals surface area (Å²) in [6.45, 7) is 0. The summed E-state index contributed by atoms with van der Waals surface area (Å²) in [5.41, 5.74) is -0.196. The second kappa shape index (κ2) is 13.6. The minimum atomic E-state index is -4.86. The Morgan fingerprint density at radius 2 is 0.846 bits per heavy atom. The van der Waals surface area contributed by atoms with Crippen molar-refractivity contribution in [3.05, 3.63) is 120 Å². The molecule has 0 unspecified atom stereocenters. The van der Waals surface area contributed by atoms with Crippen molar-refractivity contribution in [2.75, 3.05) is 21.3 Å². The zero-order chi connectivity index (χ0) is 37.4. The Balaban J connectivity index is 1.16. The van der Waals surface area contributed by atoms with Crippen LogP contribution < -0.4 is 21.3 Å². The van der Waals surface area contributed by atoms with E-state index >= 15 is 0 Å². The van der Waals surface area contributed by atoms with E-state index in [4.69, 9.17) is 0 Å². The van der Waals surface area contributed by atoms with Gasteiger partial charge in [0, 0.05) is 44.0 Å². The lowest BCUT2D eigenvalue weighted by Crippen LogP contribution is -2.21. The predicted octanol–water partition coefficient (Wildman–Crippen LogP) is 6.05. The summed E-state index contributed by atoms with van der Waals surface area (Å²) in [4.78, 5) is 38.0. The second-order valence-electron chi connectivity index (χ2n) is 11.2. The van der Waals surface area contributed by atoms with E-state index in [2.05, 4.69) is 21.3 Å². The molecule has 6 rings (SSSR count). The molecule has 0 saturated heterocycles. The predicted molar refractivity (Wildman–Crippen MR) is 192 cm³/mol. The lowest BCUT2D eigenvalue weighted by atomic mass is 10.1. The first kappa shape index (κ1) is 35.3. The first-order valence-electron chi connectivity index (χ1n) is 15.0. The largest absolute Gasteiger partial charge is 0.507 e. The van der Waals surface area contributed by atoms with Gasteiger partial charge in [0.05, 0.1) is 11.4 Å². The van der Waals surface area contributed by atoms with Crippen molar-refractivity contribution in [2.45, 2.75) is 9.79 Å². The molecule has 264 valence electrons. The summed E-state index contributed by atoms with van der Waals surface area (Å²) in [6, 6.07) is 23.8. The van der Waals surface area contributed by atoms with Gasteiger partial charge in [0.2, 0.25) is 0 Å². The molecule has 0 aliphatic heterocycles. The maximum Gasteiger partial charge on any atom is 0.323 e. The first-order valence-corrected chi connectivity index (χ1v) is 17.8. The average Bonchev–Trinajstić information content (AvgIpc) is 3.07. The SMILES string of the molecule is O=C(Nc1cccc(C(=O)Nc2ccc3c(O)cccc3c2S(=O)(=O)O)c1)Nc1cccc(C(=O)Nc2ccc3c(O)cccc3c2S(=O)(=O)O)c1. The minimum absolute atomic E-state index is 0.00179. The number of fused-ring (bicyclic) bond motifs is 2. The molecule has 0 saturated carbocycles. The number of urea groups is 1. The number of hydrogen-bond donors (Lipinski definition) is 8. The summed E-state index contributed by atoms with van der Waals surface area (Å²) >= 11 is 0. The van der Waals surface area contributed by atoms with Gasteiger partial charge in [-0.1, -0.05) is 36.4 Å². The van der Waals surface area contributed by atoms with Crippen molar-refractivity contribution in [1.82, 2.24) is 0 Å². The highest BCUT2D eigenvalue weighted by Gasteiger charge is 2.24. The van der Waals surface area contributed by atoms with Crippen LogP contribution in [0.3, 0.4) is 0 Å². The molecule has 17 heteroatoms. The lowest BCUT2D eigenvalue weighted by molar-refractivity contribution is 0.101. The summed E-state index contributed by atoms with van der Waals surface area (Å²) in [6.07, 6.45) is 0. The van der Waals surface area contributed by atoms with Crippen molar-refractivity contribution in [3.63, 3.8) is 0 Å². The number of amides is 4. The van der Waals surface area contributed by atoms with Gasteiger partial charge in [-0.3, -0.25) is 18.7 Å². The molecule has 4 amide bonds. The Morgan fingerprint density at radius 1 is 0.462 bits per heavy atom. The van der Waals surface area contributed by atoms with Gasteiger partial charge in [-0.2, -0.15) is 16.8 Å². The van der Waals surface area contributed by atoms with E-state index in [1.54, 1.807) is 0 Å². The van der Waals surface area contributed by atoms with Crippen molar-refractivity contribution in [1.29, 1.82) is 0 Å². The fraction of sp³-hybridized carbons (Fsp3) is 0. The molecule has 0 aliphatic carbocycles. The van der Waals surface area contributed by atoms with Gasteiger partial charge < -0.3 is 31.5 Å². The number of rotatable bonds is 8. The topological polar surface area (TPSA) is 249 Å². The van der Waals surface area contributed by atoms with Gasteiger partial charge in [0.25, 0.3) is 32.1 Å². The van der Waals surface area contributed by atoms with Crippen LogP contribution in [0.25, 0.3) is 21.5 Å². The van der Waals surface area contributed by atoms with Crippen LogP contribution in [0.15, 0.2) is 119 Å². The summed E-state index contributed by atoms with van der Waals surface area (Å²) in [5, 5.41) is 30.4. The number of aromatic hydroxyl groups is 2. The Bertz CT molecular complexity index is 2500. The molecule has 0 aliphatic rings. The maximum absolute atomic E-state index is 13.2. The smallest absolute Gasteiger partial charge is 0.323 e. The zero-order valence-electron chi connectivity index (χ0n) is 26.4. The lowest BCUT2D eigenvalue weighted by Gasteiger charge is -2.14. The molecule has 0 fully saturated rings. The Kier molecular flexibility index (Phi) is 9.26. The summed E-state index contributed by atoms with van der Waals surface area (Å²) < 4.78 is 68.9. The normalized spacial score (nSPS) is 11.6. The number of phenolic OH excluding ortho intramolecular Hbond substituents is 2. The Labute approximate surface area is 295 Å². The third-order valence-corrected chi connectivity index (χ3v) is 9.67. The van der Waals surface area contributed by atoms with Gasteiger partial charge >= 0.3 is 6.03 Å². The third kappa shape index (κ3) is 7.32. The second-order valence-corrected chi connectivity index (χ2v) is 13.9. The fourth-order valence-electron chi connectivity index (χ4n) is 5.54. The quantitative estimate of drug-likeness (QED) is 0.0834. The number of hydrogen-bond acceptors (Lipinski definition) is 9. The molecule has 6 aromatic carbocycles. The van der Waals surface area contributed by atoms with E-state index in [1.807, 2.05) is 0 Å². The number of carbonyl (C=O) groups excluding carboxylic acids is 3. The number of anilines is 4. The Morgan fingerprint density at radius 3 is 1.23 bits per heavy atom. The monoisotopic (exact) mass is 742 g/mol. The molecular formula is C35H26N4O11S2. The highest BCUT2D eigenvalue weighted by atomic mass is 32.2. The van der Waals surface area contributed by atoms with Gasteiger partial charge in [0.15, 0.2) is 0 Å². The Hall–Kier alpha value is -6.53. The number of carbonyl (C=O) groups is 3. The van der Waals surface area contributed by atoms with E-state index in [9.17, 15) is 50.5 Å².